The number of rotatable bonds is 0. The van der Waals surface area contributed by atoms with Crippen molar-refractivity contribution < 1.29 is 0 Å². The van der Waals surface area contributed by atoms with E-state index in [2.05, 4.69) is 240 Å². The number of para-hydroxylation sites is 2. The van der Waals surface area contributed by atoms with Gasteiger partial charge < -0.3 is 9.13 Å². The van der Waals surface area contributed by atoms with E-state index in [0.29, 0.717) is 0 Å². The summed E-state index contributed by atoms with van der Waals surface area (Å²) in [7, 11) is 0. The highest BCUT2D eigenvalue weighted by atomic mass is 15.0. The molecule has 6 heterocycles. The lowest BCUT2D eigenvalue weighted by Gasteiger charge is -2.35. The van der Waals surface area contributed by atoms with E-state index in [9.17, 15) is 0 Å². The Morgan fingerprint density at radius 1 is 0.229 bits per heavy atom. The number of hydrogen-bond donors (Lipinski definition) is 0. The second kappa shape index (κ2) is 13.4. The Labute approximate surface area is 405 Å². The van der Waals surface area contributed by atoms with Crippen LogP contribution < -0.4 is 32.8 Å². The summed E-state index contributed by atoms with van der Waals surface area (Å²) in [5.41, 5.74) is 30.9. The Kier molecular flexibility index (Phi) is 7.13. The van der Waals surface area contributed by atoms with Crippen LogP contribution in [0.1, 0.15) is 0 Å². The van der Waals surface area contributed by atoms with Crippen LogP contribution in [0.4, 0.5) is 0 Å². The van der Waals surface area contributed by atoms with Crippen molar-refractivity contribution in [2.24, 2.45) is 0 Å². The smallest absolute Gasteiger partial charge is 0.248 e. The molecule has 4 aliphatic rings. The predicted octanol–water partition coefficient (Wildman–Crippen LogP) is 12.2. The molecule has 0 saturated carbocycles. The summed E-state index contributed by atoms with van der Waals surface area (Å²) in [6.45, 7) is -0.172. The minimum Gasteiger partial charge on any atom is -0.310 e. The van der Waals surface area contributed by atoms with Gasteiger partial charge in [-0.3, -0.25) is 0 Å². The minimum absolute atomic E-state index is 0.0858. The molecule has 0 spiro atoms. The molecular weight excluding hydrogens is 842 g/mol. The van der Waals surface area contributed by atoms with Gasteiger partial charge in [0.2, 0.25) is 13.4 Å². The molecule has 0 bridgehead atoms. The zero-order valence-electron chi connectivity index (χ0n) is 38.0. The topological polar surface area (TPSA) is 9.86 Å². The fourth-order valence-corrected chi connectivity index (χ4v) is 13.9. The molecule has 70 heavy (non-hydrogen) atoms. The molecule has 4 heteroatoms. The second-order valence-electron chi connectivity index (χ2n) is 19.7. The fourth-order valence-electron chi connectivity index (χ4n) is 13.9. The highest BCUT2D eigenvalue weighted by molar-refractivity contribution is 7.02. The van der Waals surface area contributed by atoms with Crippen LogP contribution >= 0.6 is 0 Å². The van der Waals surface area contributed by atoms with Crippen molar-refractivity contribution in [1.29, 1.82) is 0 Å². The molecule has 0 amide bonds. The Bertz CT molecular complexity index is 4230. The van der Waals surface area contributed by atoms with Gasteiger partial charge in [-0.05, 0) is 107 Å². The van der Waals surface area contributed by atoms with E-state index in [-0.39, 0.29) is 13.4 Å². The van der Waals surface area contributed by atoms with Gasteiger partial charge in [0.15, 0.2) is 0 Å². The maximum atomic E-state index is 2.68. The van der Waals surface area contributed by atoms with Crippen molar-refractivity contribution in [3.8, 4) is 78.1 Å². The van der Waals surface area contributed by atoms with Crippen LogP contribution in [0.3, 0.4) is 0 Å². The molecular formula is C66H38B2N2. The van der Waals surface area contributed by atoms with Gasteiger partial charge in [-0.15, -0.1) is 0 Å². The SMILES string of the molecule is c1ccc2c(c1)B1c3cc4c(cc3-n3c5ccccc5c5ccc(c1c53)-c1ccccc1-c1ccccc1-2)-n1c2ccccc2c2ccc3c(c21)B4c1ccccc1-c1ccccc1-c1ccccc1-3. The van der Waals surface area contributed by atoms with Crippen LogP contribution in [0.15, 0.2) is 231 Å². The van der Waals surface area contributed by atoms with Gasteiger partial charge in [0.1, 0.15) is 0 Å². The van der Waals surface area contributed by atoms with Crippen LogP contribution in [0.5, 0.6) is 0 Å². The van der Waals surface area contributed by atoms with E-state index >= 15 is 0 Å². The summed E-state index contributed by atoms with van der Waals surface area (Å²) >= 11 is 0. The molecule has 0 aliphatic carbocycles. The lowest BCUT2D eigenvalue weighted by Crippen LogP contribution is -2.61. The van der Waals surface area contributed by atoms with Crippen molar-refractivity contribution in [2.45, 2.75) is 0 Å². The van der Waals surface area contributed by atoms with E-state index in [4.69, 9.17) is 0 Å². The summed E-state index contributed by atoms with van der Waals surface area (Å²) in [5.74, 6) is 0. The molecule has 0 unspecified atom stereocenters. The fraction of sp³-hybridized carbons (Fsp3) is 0. The Morgan fingerprint density at radius 3 is 0.943 bits per heavy atom. The van der Waals surface area contributed by atoms with Gasteiger partial charge in [0.25, 0.3) is 0 Å². The Hall–Kier alpha value is -8.85. The van der Waals surface area contributed by atoms with Crippen LogP contribution in [0.2, 0.25) is 0 Å². The predicted molar refractivity (Wildman–Crippen MR) is 297 cm³/mol. The van der Waals surface area contributed by atoms with E-state index in [1.165, 1.54) is 155 Å². The van der Waals surface area contributed by atoms with Gasteiger partial charge in [0, 0.05) is 44.0 Å². The average molecular weight is 881 g/mol. The van der Waals surface area contributed by atoms with Gasteiger partial charge in [-0.25, -0.2) is 0 Å². The lowest BCUT2D eigenvalue weighted by atomic mass is 9.30. The molecule has 17 rings (SSSR count). The normalized spacial score (nSPS) is 13.1. The first-order chi connectivity index (χ1) is 34.8. The largest absolute Gasteiger partial charge is 0.310 e. The molecule has 0 radical (unpaired) electrons. The van der Waals surface area contributed by atoms with Gasteiger partial charge in [-0.1, -0.05) is 223 Å². The summed E-state index contributed by atoms with van der Waals surface area (Å²) in [6.07, 6.45) is 0. The Balaban J connectivity index is 1.10. The maximum absolute atomic E-state index is 2.68. The standard InChI is InChI=1S/C66H38B2N2/c1-5-21-43-39(17-1)41-19-3-7-23-45(41)51-33-35-53-49-27-11-15-31-59(49)69-61-38-62-58(37-57(61)67(63(51)65(53)69)55-29-13-9-25-47(43)55)68-56-30-14-10-26-48(56)44-22-6-2-18-40(44)42-20-4-8-24-46(42)52-34-36-54-50-28-12-16-32-60(50)70(62)66(54)64(52)68/h1-38H. The maximum Gasteiger partial charge on any atom is 0.248 e. The van der Waals surface area contributed by atoms with E-state index in [1.807, 2.05) is 0 Å². The first kappa shape index (κ1) is 37.2. The summed E-state index contributed by atoms with van der Waals surface area (Å²) in [5, 5.41) is 5.14. The molecule has 4 aliphatic heterocycles. The third kappa shape index (κ3) is 4.57. The number of fused-ring (bicyclic) bond motifs is 26. The summed E-state index contributed by atoms with van der Waals surface area (Å²) in [6, 6.07) is 88.2. The third-order valence-electron chi connectivity index (χ3n) is 16.6. The molecule has 11 aromatic carbocycles. The number of benzene rings is 11. The van der Waals surface area contributed by atoms with E-state index in [0.717, 1.165) is 0 Å². The van der Waals surface area contributed by atoms with E-state index in [1.54, 1.807) is 0 Å². The zero-order valence-corrected chi connectivity index (χ0v) is 38.0. The van der Waals surface area contributed by atoms with Crippen LogP contribution in [0.25, 0.3) is 122 Å². The Morgan fingerprint density at radius 2 is 0.543 bits per heavy atom. The van der Waals surface area contributed by atoms with Crippen molar-refractivity contribution in [3.63, 3.8) is 0 Å². The summed E-state index contributed by atoms with van der Waals surface area (Å²) in [4.78, 5) is 0. The van der Waals surface area contributed by atoms with Crippen molar-refractivity contribution in [2.75, 3.05) is 0 Å². The number of hydrogen-bond acceptors (Lipinski definition) is 0. The van der Waals surface area contributed by atoms with E-state index < -0.39 is 0 Å². The van der Waals surface area contributed by atoms with Crippen LogP contribution in [-0.4, -0.2) is 22.6 Å². The molecule has 0 N–H and O–H groups in total. The second-order valence-corrected chi connectivity index (χ2v) is 19.7. The third-order valence-corrected chi connectivity index (χ3v) is 16.6. The monoisotopic (exact) mass is 880 g/mol. The number of aromatic nitrogens is 2. The average Bonchev–Trinajstić information content (AvgIpc) is 3.97. The van der Waals surface area contributed by atoms with Gasteiger partial charge in [0.05, 0.1) is 11.0 Å². The van der Waals surface area contributed by atoms with Crippen LogP contribution in [-0.2, 0) is 0 Å². The molecule has 2 nitrogen and oxygen atoms in total. The van der Waals surface area contributed by atoms with Gasteiger partial charge in [-0.2, -0.15) is 0 Å². The quantitative estimate of drug-likeness (QED) is 0.134. The minimum atomic E-state index is -0.0858. The van der Waals surface area contributed by atoms with Crippen molar-refractivity contribution in [3.05, 3.63) is 231 Å². The first-order valence-electron chi connectivity index (χ1n) is 24.7. The van der Waals surface area contributed by atoms with Gasteiger partial charge >= 0.3 is 0 Å². The molecule has 0 fully saturated rings. The molecule has 0 saturated heterocycles. The highest BCUT2D eigenvalue weighted by Gasteiger charge is 2.43. The lowest BCUT2D eigenvalue weighted by molar-refractivity contribution is 1.15. The zero-order chi connectivity index (χ0) is 45.3. The molecule has 318 valence electrons. The molecule has 2 aromatic heterocycles. The molecule has 13 aromatic rings. The summed E-state index contributed by atoms with van der Waals surface area (Å²) < 4.78 is 5.29. The first-order valence-corrected chi connectivity index (χ1v) is 24.7. The van der Waals surface area contributed by atoms with Crippen molar-refractivity contribution >= 4 is 89.8 Å². The van der Waals surface area contributed by atoms with Crippen molar-refractivity contribution in [1.82, 2.24) is 9.13 Å². The number of nitrogens with zero attached hydrogens (tertiary/aromatic N) is 2. The molecule has 0 atom stereocenters. The van der Waals surface area contributed by atoms with Crippen LogP contribution in [0, 0.1) is 0 Å². The highest BCUT2D eigenvalue weighted by Crippen LogP contribution is 2.46.